The van der Waals surface area contributed by atoms with E-state index in [0.29, 0.717) is 31.2 Å². The van der Waals surface area contributed by atoms with E-state index in [2.05, 4.69) is 20.5 Å². The molecule has 1 aliphatic heterocycles. The van der Waals surface area contributed by atoms with Gasteiger partial charge in [0.2, 0.25) is 5.91 Å². The van der Waals surface area contributed by atoms with Gasteiger partial charge in [0.05, 0.1) is 0 Å². The maximum absolute atomic E-state index is 13.2. The summed E-state index contributed by atoms with van der Waals surface area (Å²) in [5.74, 6) is 1.14. The first-order valence-corrected chi connectivity index (χ1v) is 13.7. The van der Waals surface area contributed by atoms with E-state index in [1.54, 1.807) is 0 Å². The second kappa shape index (κ2) is 11.8. The number of nitrogens with zero attached hydrogens (tertiary/aromatic N) is 1. The lowest BCUT2D eigenvalue weighted by molar-refractivity contribution is -0.123. The summed E-state index contributed by atoms with van der Waals surface area (Å²) in [5, 5.41) is 7.06. The van der Waals surface area contributed by atoms with Crippen molar-refractivity contribution < 1.29 is 14.3 Å². The number of nitrogens with one attached hydrogen (secondary N) is 3. The minimum Gasteiger partial charge on any atom is -0.492 e. The summed E-state index contributed by atoms with van der Waals surface area (Å²) in [5.41, 5.74) is 3.34. The maximum Gasteiger partial charge on any atom is 0.268 e. The first-order valence-electron chi connectivity index (χ1n) is 13.7. The van der Waals surface area contributed by atoms with Crippen molar-refractivity contribution in [2.24, 2.45) is 5.92 Å². The molecule has 7 nitrogen and oxygen atoms in total. The number of aryl methyl sites for hydroxylation is 1. The number of rotatable bonds is 12. The highest BCUT2D eigenvalue weighted by molar-refractivity contribution is 6.02. The number of likely N-dealkylation sites (tertiary alicyclic amines) is 1. The molecule has 1 atom stereocenters. The zero-order valence-electron chi connectivity index (χ0n) is 21.7. The second-order valence-electron chi connectivity index (χ2n) is 10.5. The molecule has 0 bridgehead atoms. The van der Waals surface area contributed by atoms with Gasteiger partial charge in [0.25, 0.3) is 5.91 Å². The molecule has 2 fully saturated rings. The Hall–Kier alpha value is -3.32. The van der Waals surface area contributed by atoms with Gasteiger partial charge in [-0.3, -0.25) is 14.5 Å². The number of H-pyrrole nitrogens is 1. The van der Waals surface area contributed by atoms with Crippen LogP contribution in [0.2, 0.25) is 0 Å². The van der Waals surface area contributed by atoms with E-state index in [-0.39, 0.29) is 11.8 Å². The molecule has 0 radical (unpaired) electrons. The summed E-state index contributed by atoms with van der Waals surface area (Å²) in [7, 11) is 0. The number of hydrogen-bond acceptors (Lipinski definition) is 4. The average Bonchev–Trinajstić information content (AvgIpc) is 3.48. The molecular weight excluding hydrogens is 464 g/mol. The third-order valence-electron chi connectivity index (χ3n) is 7.64. The Morgan fingerprint density at radius 3 is 2.57 bits per heavy atom. The number of hydrogen-bond donors (Lipinski definition) is 3. The average molecular weight is 503 g/mol. The molecule has 1 aliphatic carbocycles. The minimum atomic E-state index is -0.563. The van der Waals surface area contributed by atoms with Crippen LogP contribution in [0, 0.1) is 12.8 Å². The number of carbonyl (C=O) groups excluding carboxylic acids is 2. The van der Waals surface area contributed by atoms with Gasteiger partial charge in [0.15, 0.2) is 0 Å². The van der Waals surface area contributed by atoms with Crippen LogP contribution >= 0.6 is 0 Å². The Bertz CT molecular complexity index is 1210. The highest BCUT2D eigenvalue weighted by Gasteiger charge is 2.27. The van der Waals surface area contributed by atoms with Crippen molar-refractivity contribution in [3.8, 4) is 5.75 Å². The third-order valence-corrected chi connectivity index (χ3v) is 7.64. The predicted molar refractivity (Wildman–Crippen MR) is 146 cm³/mol. The molecular formula is C30H38N4O3. The quantitative estimate of drug-likeness (QED) is 0.339. The molecule has 5 rings (SSSR count). The zero-order valence-corrected chi connectivity index (χ0v) is 21.7. The van der Waals surface area contributed by atoms with Crippen molar-refractivity contribution >= 4 is 22.7 Å². The van der Waals surface area contributed by atoms with Gasteiger partial charge in [0, 0.05) is 24.0 Å². The molecule has 1 unspecified atom stereocenters. The van der Waals surface area contributed by atoms with Gasteiger partial charge in [-0.2, -0.15) is 0 Å². The van der Waals surface area contributed by atoms with Crippen LogP contribution in [0.15, 0.2) is 48.5 Å². The van der Waals surface area contributed by atoms with Crippen LogP contribution in [0.1, 0.15) is 60.1 Å². The normalized spacial score (nSPS) is 16.6. The van der Waals surface area contributed by atoms with E-state index in [9.17, 15) is 9.59 Å². The van der Waals surface area contributed by atoms with E-state index in [1.165, 1.54) is 38.8 Å². The molecule has 7 heteroatoms. The first-order chi connectivity index (χ1) is 18.1. The second-order valence-corrected chi connectivity index (χ2v) is 10.5. The number of aromatic amines is 1. The summed E-state index contributed by atoms with van der Waals surface area (Å²) in [6.07, 6.45) is 6.60. The molecule has 0 spiro atoms. The lowest BCUT2D eigenvalue weighted by Crippen LogP contribution is -2.46. The molecule has 2 heterocycles. The van der Waals surface area contributed by atoms with Crippen molar-refractivity contribution in [3.05, 3.63) is 65.4 Å². The highest BCUT2D eigenvalue weighted by atomic mass is 16.5. The van der Waals surface area contributed by atoms with Crippen LogP contribution in [-0.2, 0) is 11.3 Å². The van der Waals surface area contributed by atoms with Crippen LogP contribution in [0.25, 0.3) is 10.9 Å². The fourth-order valence-electron chi connectivity index (χ4n) is 5.13. The fraction of sp³-hybridized carbons (Fsp3) is 0.467. The Morgan fingerprint density at radius 1 is 1.08 bits per heavy atom. The standard InChI is InChI=1S/C30H38N4O3/c1-21-25-6-2-3-7-26(25)32-28(21)30(36)33-27(15-12-22-8-9-22)29(35)31-20-23-10-13-24(14-11-23)37-19-18-34-16-4-5-17-34/h2-3,6-7,10-11,13-14,22,27,32H,4-5,8-9,12,15-20H2,1H3,(H,31,35)(H,33,36). The Kier molecular flexibility index (Phi) is 8.09. The Morgan fingerprint density at radius 2 is 1.84 bits per heavy atom. The number of carbonyl (C=O) groups is 2. The van der Waals surface area contributed by atoms with Crippen LogP contribution in [0.3, 0.4) is 0 Å². The van der Waals surface area contributed by atoms with Crippen LogP contribution < -0.4 is 15.4 Å². The highest BCUT2D eigenvalue weighted by Crippen LogP contribution is 2.34. The number of aromatic nitrogens is 1. The first kappa shape index (κ1) is 25.3. The molecule has 37 heavy (non-hydrogen) atoms. The molecule has 2 aliphatic rings. The fourth-order valence-corrected chi connectivity index (χ4v) is 5.13. The SMILES string of the molecule is Cc1c(C(=O)NC(CCC2CC2)C(=O)NCc2ccc(OCCN3CCCC3)cc2)[nH]c2ccccc12. The van der Waals surface area contributed by atoms with E-state index >= 15 is 0 Å². The van der Waals surface area contributed by atoms with Crippen LogP contribution in [-0.4, -0.2) is 54.0 Å². The largest absolute Gasteiger partial charge is 0.492 e. The Labute approximate surface area is 219 Å². The maximum atomic E-state index is 13.2. The van der Waals surface area contributed by atoms with Crippen molar-refractivity contribution in [2.45, 2.75) is 58.0 Å². The third kappa shape index (κ3) is 6.72. The minimum absolute atomic E-state index is 0.145. The predicted octanol–water partition coefficient (Wildman–Crippen LogP) is 4.56. The molecule has 2 aromatic carbocycles. The molecule has 196 valence electrons. The van der Waals surface area contributed by atoms with Crippen LogP contribution in [0.5, 0.6) is 5.75 Å². The van der Waals surface area contributed by atoms with Gasteiger partial charge in [-0.1, -0.05) is 43.2 Å². The Balaban J connectivity index is 1.15. The van der Waals surface area contributed by atoms with Crippen molar-refractivity contribution in [1.29, 1.82) is 0 Å². The molecule has 1 saturated carbocycles. The number of benzene rings is 2. The van der Waals surface area contributed by atoms with Crippen molar-refractivity contribution in [3.63, 3.8) is 0 Å². The van der Waals surface area contributed by atoms with Gasteiger partial charge < -0.3 is 20.4 Å². The number of para-hydroxylation sites is 1. The van der Waals surface area contributed by atoms with Crippen LogP contribution in [0.4, 0.5) is 0 Å². The lowest BCUT2D eigenvalue weighted by atomic mass is 10.1. The van der Waals surface area contributed by atoms with Crippen molar-refractivity contribution in [1.82, 2.24) is 20.5 Å². The monoisotopic (exact) mass is 502 g/mol. The zero-order chi connectivity index (χ0) is 25.6. The van der Waals surface area contributed by atoms with E-state index < -0.39 is 6.04 Å². The summed E-state index contributed by atoms with van der Waals surface area (Å²) in [6, 6.07) is 15.2. The summed E-state index contributed by atoms with van der Waals surface area (Å²) >= 11 is 0. The number of ether oxygens (including phenoxy) is 1. The van der Waals surface area contributed by atoms with E-state index in [1.807, 2.05) is 55.5 Å². The lowest BCUT2D eigenvalue weighted by Gasteiger charge is -2.19. The van der Waals surface area contributed by atoms with Gasteiger partial charge in [0.1, 0.15) is 24.1 Å². The molecule has 2 amide bonds. The smallest absolute Gasteiger partial charge is 0.268 e. The molecule has 1 saturated heterocycles. The van der Waals surface area contributed by atoms with E-state index in [4.69, 9.17) is 4.74 Å². The van der Waals surface area contributed by atoms with Crippen molar-refractivity contribution in [2.75, 3.05) is 26.2 Å². The number of fused-ring (bicyclic) bond motifs is 1. The van der Waals surface area contributed by atoms with Gasteiger partial charge in [-0.05, 0) is 80.9 Å². The number of amides is 2. The summed E-state index contributed by atoms with van der Waals surface area (Å²) in [4.78, 5) is 31.9. The van der Waals surface area contributed by atoms with Gasteiger partial charge in [-0.15, -0.1) is 0 Å². The molecule has 1 aromatic heterocycles. The van der Waals surface area contributed by atoms with E-state index in [0.717, 1.165) is 40.7 Å². The van der Waals surface area contributed by atoms with Gasteiger partial charge >= 0.3 is 0 Å². The topological polar surface area (TPSA) is 86.5 Å². The molecule has 3 N–H and O–H groups in total. The molecule has 3 aromatic rings. The summed E-state index contributed by atoms with van der Waals surface area (Å²) in [6.45, 7) is 6.34. The van der Waals surface area contributed by atoms with Gasteiger partial charge in [-0.25, -0.2) is 0 Å². The summed E-state index contributed by atoms with van der Waals surface area (Å²) < 4.78 is 5.88.